The summed E-state index contributed by atoms with van der Waals surface area (Å²) in [4.78, 5) is 0. The second kappa shape index (κ2) is 5.10. The summed E-state index contributed by atoms with van der Waals surface area (Å²) in [6.07, 6.45) is 1.18. The average Bonchev–Trinajstić information content (AvgIpc) is 2.74. The van der Waals surface area contributed by atoms with Crippen LogP contribution in [0.3, 0.4) is 0 Å². The zero-order valence-corrected chi connectivity index (χ0v) is 11.0. The molecule has 1 fully saturated rings. The van der Waals surface area contributed by atoms with Crippen LogP contribution in [0.4, 0.5) is 0 Å². The van der Waals surface area contributed by atoms with Crippen LogP contribution in [0.25, 0.3) is 0 Å². The second-order valence-electron chi connectivity index (χ2n) is 4.13. The van der Waals surface area contributed by atoms with Crippen molar-refractivity contribution < 1.29 is 8.85 Å². The molecule has 0 bridgehead atoms. The van der Waals surface area contributed by atoms with Gasteiger partial charge in [0.25, 0.3) is 0 Å². The lowest BCUT2D eigenvalue weighted by atomic mass is 10.2. The minimum atomic E-state index is -2.06. The van der Waals surface area contributed by atoms with E-state index in [0.29, 0.717) is 0 Å². The monoisotopic (exact) mass is 237 g/mol. The minimum Gasteiger partial charge on any atom is -0.386 e. The van der Waals surface area contributed by atoms with Gasteiger partial charge in [-0.3, -0.25) is 4.57 Å². The summed E-state index contributed by atoms with van der Waals surface area (Å²) in [6, 6.07) is 11.6. The lowest BCUT2D eigenvalue weighted by Crippen LogP contribution is -2.52. The minimum absolute atomic E-state index is 0.939. The molecule has 3 nitrogen and oxygen atoms in total. The van der Waals surface area contributed by atoms with Gasteiger partial charge in [0, 0.05) is 26.8 Å². The Labute approximate surface area is 98.3 Å². The van der Waals surface area contributed by atoms with E-state index >= 15 is 0 Å². The van der Waals surface area contributed by atoms with Crippen molar-refractivity contribution in [3.05, 3.63) is 35.9 Å². The summed E-state index contributed by atoms with van der Waals surface area (Å²) in [5.74, 6) is 0. The van der Waals surface area contributed by atoms with Gasteiger partial charge in [0.2, 0.25) is 0 Å². The van der Waals surface area contributed by atoms with Crippen LogP contribution in [-0.2, 0) is 15.4 Å². The number of hydrogen-bond donors (Lipinski definition) is 0. The maximum Gasteiger partial charge on any atom is 0.427 e. The molecule has 88 valence electrons. The van der Waals surface area contributed by atoms with Crippen LogP contribution in [0.5, 0.6) is 0 Å². The summed E-state index contributed by atoms with van der Waals surface area (Å²) in [7, 11) is 1.49. The molecule has 0 N–H and O–H groups in total. The van der Waals surface area contributed by atoms with E-state index in [4.69, 9.17) is 8.85 Å². The van der Waals surface area contributed by atoms with E-state index in [-0.39, 0.29) is 0 Å². The molecule has 1 aromatic rings. The Morgan fingerprint density at radius 1 is 1.19 bits per heavy atom. The Morgan fingerprint density at radius 2 is 1.88 bits per heavy atom. The number of hydrogen-bond acceptors (Lipinski definition) is 3. The van der Waals surface area contributed by atoms with Crippen molar-refractivity contribution >= 4 is 8.72 Å². The lowest BCUT2D eigenvalue weighted by Gasteiger charge is -2.31. The molecule has 2 rings (SSSR count). The van der Waals surface area contributed by atoms with Gasteiger partial charge in [-0.1, -0.05) is 30.3 Å². The number of benzene rings is 1. The van der Waals surface area contributed by atoms with Crippen molar-refractivity contribution in [2.45, 2.75) is 19.0 Å². The highest BCUT2D eigenvalue weighted by Gasteiger charge is 2.47. The molecule has 1 aromatic carbocycles. The summed E-state index contributed by atoms with van der Waals surface area (Å²) in [5.41, 5.74) is 1.33. The Bertz CT molecular complexity index is 327. The highest BCUT2D eigenvalue weighted by atomic mass is 28.4. The van der Waals surface area contributed by atoms with Gasteiger partial charge in [0.15, 0.2) is 0 Å². The molecule has 0 saturated carbocycles. The summed E-state index contributed by atoms with van der Waals surface area (Å²) >= 11 is 0. The molecule has 0 amide bonds. The van der Waals surface area contributed by atoms with Crippen molar-refractivity contribution in [2.24, 2.45) is 0 Å². The van der Waals surface area contributed by atoms with Gasteiger partial charge in [-0.15, -0.1) is 0 Å². The zero-order valence-electron chi connectivity index (χ0n) is 9.98. The number of nitrogens with zero attached hydrogens (tertiary/aromatic N) is 1. The molecule has 16 heavy (non-hydrogen) atoms. The van der Waals surface area contributed by atoms with Crippen LogP contribution in [0, 0.1) is 0 Å². The molecule has 1 aliphatic rings. The summed E-state index contributed by atoms with van der Waals surface area (Å²) < 4.78 is 13.7. The first kappa shape index (κ1) is 11.8. The van der Waals surface area contributed by atoms with Crippen LogP contribution in [0.1, 0.15) is 12.0 Å². The molecule has 0 aliphatic carbocycles. The third-order valence-corrected chi connectivity index (χ3v) is 6.86. The van der Waals surface area contributed by atoms with Crippen LogP contribution in [0.15, 0.2) is 30.3 Å². The van der Waals surface area contributed by atoms with Crippen molar-refractivity contribution in [2.75, 3.05) is 20.8 Å². The van der Waals surface area contributed by atoms with Crippen molar-refractivity contribution in [1.82, 2.24) is 4.57 Å². The van der Waals surface area contributed by atoms with Crippen LogP contribution >= 0.6 is 0 Å². The second-order valence-corrected chi connectivity index (χ2v) is 7.51. The van der Waals surface area contributed by atoms with Gasteiger partial charge < -0.3 is 8.85 Å². The quantitative estimate of drug-likeness (QED) is 0.749. The average molecular weight is 237 g/mol. The molecule has 1 aliphatic heterocycles. The molecule has 1 saturated heterocycles. The largest absolute Gasteiger partial charge is 0.427 e. The van der Waals surface area contributed by atoms with Gasteiger partial charge >= 0.3 is 8.72 Å². The zero-order chi connectivity index (χ0) is 11.4. The van der Waals surface area contributed by atoms with Crippen LogP contribution in [0.2, 0.25) is 6.04 Å². The predicted molar refractivity (Wildman–Crippen MR) is 66.0 cm³/mol. The molecule has 0 spiro atoms. The van der Waals surface area contributed by atoms with E-state index in [0.717, 1.165) is 19.1 Å². The van der Waals surface area contributed by atoms with Crippen molar-refractivity contribution in [3.8, 4) is 0 Å². The first-order chi connectivity index (χ1) is 7.80. The molecule has 1 heterocycles. The van der Waals surface area contributed by atoms with Crippen LogP contribution in [-0.4, -0.2) is 34.1 Å². The molecule has 0 atom stereocenters. The van der Waals surface area contributed by atoms with Gasteiger partial charge in [0.1, 0.15) is 0 Å². The van der Waals surface area contributed by atoms with Gasteiger partial charge in [0.05, 0.1) is 0 Å². The van der Waals surface area contributed by atoms with Crippen molar-refractivity contribution in [1.29, 1.82) is 0 Å². The molecule has 4 heteroatoms. The van der Waals surface area contributed by atoms with Crippen LogP contribution < -0.4 is 0 Å². The van der Waals surface area contributed by atoms with E-state index in [2.05, 4.69) is 28.8 Å². The smallest absolute Gasteiger partial charge is 0.386 e. The molecule has 0 aromatic heterocycles. The highest BCUT2D eigenvalue weighted by molar-refractivity contribution is 6.65. The number of rotatable bonds is 4. The SMILES string of the molecule is CO[Si]1(OC)CCCN1Cc1ccccc1. The fraction of sp³-hybridized carbons (Fsp3) is 0.500. The van der Waals surface area contributed by atoms with Crippen molar-refractivity contribution in [3.63, 3.8) is 0 Å². The normalized spacial score (nSPS) is 20.1. The first-order valence-electron chi connectivity index (χ1n) is 5.70. The third-order valence-electron chi connectivity index (χ3n) is 3.26. The maximum atomic E-state index is 5.68. The summed E-state index contributed by atoms with van der Waals surface area (Å²) in [5, 5.41) is 0. The third kappa shape index (κ3) is 2.20. The molecule has 0 unspecified atom stereocenters. The predicted octanol–water partition coefficient (Wildman–Crippen LogP) is 2.12. The van der Waals surface area contributed by atoms with E-state index < -0.39 is 8.72 Å². The fourth-order valence-corrected chi connectivity index (χ4v) is 5.31. The topological polar surface area (TPSA) is 21.7 Å². The molecule has 0 radical (unpaired) electrons. The fourth-order valence-electron chi connectivity index (χ4n) is 2.37. The Kier molecular flexibility index (Phi) is 3.76. The van der Waals surface area contributed by atoms with E-state index in [1.54, 1.807) is 14.2 Å². The first-order valence-corrected chi connectivity index (χ1v) is 7.67. The highest BCUT2D eigenvalue weighted by Crippen LogP contribution is 2.28. The molecular formula is C12H19NO2Si. The lowest BCUT2D eigenvalue weighted by molar-refractivity contribution is 0.179. The van der Waals surface area contributed by atoms with E-state index in [9.17, 15) is 0 Å². The van der Waals surface area contributed by atoms with Gasteiger partial charge in [-0.05, 0) is 18.5 Å². The Balaban J connectivity index is 2.09. The maximum absolute atomic E-state index is 5.68. The molecular weight excluding hydrogens is 218 g/mol. The van der Waals surface area contributed by atoms with E-state index in [1.807, 2.05) is 6.07 Å². The Hall–Kier alpha value is -0.683. The van der Waals surface area contributed by atoms with E-state index in [1.165, 1.54) is 12.0 Å². The van der Waals surface area contributed by atoms with Gasteiger partial charge in [-0.2, -0.15) is 0 Å². The van der Waals surface area contributed by atoms with Gasteiger partial charge in [-0.25, -0.2) is 0 Å². The standard InChI is InChI=1S/C12H19NO2Si/c1-14-16(15-2)10-6-9-13(16)11-12-7-4-3-5-8-12/h3-5,7-8H,6,9-11H2,1-2H3. The summed E-state index contributed by atoms with van der Waals surface area (Å²) in [6.45, 7) is 2.03. The Morgan fingerprint density at radius 3 is 2.50 bits per heavy atom.